The number of aryl methyl sites for hydroxylation is 1. The topological polar surface area (TPSA) is 59.5 Å². The third kappa shape index (κ3) is 3.85. The molecule has 0 radical (unpaired) electrons. The van der Waals surface area contributed by atoms with Crippen molar-refractivity contribution in [2.24, 2.45) is 11.7 Å². The Hall–Kier alpha value is -1.81. The van der Waals surface area contributed by atoms with E-state index in [9.17, 15) is 4.79 Å². The van der Waals surface area contributed by atoms with Crippen molar-refractivity contribution in [3.8, 4) is 0 Å². The normalized spacial score (nSPS) is 11.3. The third-order valence-electron chi connectivity index (χ3n) is 3.39. The Balaban J connectivity index is 2.24. The number of nitrogens with two attached hydrogens (primary N) is 1. The van der Waals surface area contributed by atoms with Crippen LogP contribution in [0.3, 0.4) is 0 Å². The first-order valence-electron chi connectivity index (χ1n) is 7.51. The summed E-state index contributed by atoms with van der Waals surface area (Å²) in [7, 11) is 0. The lowest BCUT2D eigenvalue weighted by molar-refractivity contribution is 0.0705. The number of amides is 1. The van der Waals surface area contributed by atoms with Gasteiger partial charge in [0.1, 0.15) is 5.58 Å². The van der Waals surface area contributed by atoms with Gasteiger partial charge in [-0.05, 0) is 44.0 Å². The van der Waals surface area contributed by atoms with Gasteiger partial charge in [0.15, 0.2) is 5.76 Å². The van der Waals surface area contributed by atoms with Gasteiger partial charge in [-0.3, -0.25) is 4.79 Å². The van der Waals surface area contributed by atoms with Crippen LogP contribution in [0.25, 0.3) is 11.0 Å². The van der Waals surface area contributed by atoms with Gasteiger partial charge in [0, 0.05) is 18.5 Å². The highest BCUT2D eigenvalue weighted by Gasteiger charge is 2.20. The predicted molar refractivity (Wildman–Crippen MR) is 85.4 cm³/mol. The minimum Gasteiger partial charge on any atom is -0.451 e. The minimum atomic E-state index is -0.0500. The van der Waals surface area contributed by atoms with Crippen molar-refractivity contribution >= 4 is 16.9 Å². The molecule has 0 saturated carbocycles. The molecular formula is C17H24N2O2. The third-order valence-corrected chi connectivity index (χ3v) is 3.39. The number of hydrogen-bond donors (Lipinski definition) is 1. The van der Waals surface area contributed by atoms with Crippen LogP contribution in [-0.4, -0.2) is 30.4 Å². The summed E-state index contributed by atoms with van der Waals surface area (Å²) in [5, 5.41) is 0.974. The second-order valence-electron chi connectivity index (χ2n) is 5.94. The summed E-state index contributed by atoms with van der Waals surface area (Å²) in [6.07, 6.45) is 0.803. The second kappa shape index (κ2) is 6.76. The van der Waals surface area contributed by atoms with Crippen LogP contribution in [0, 0.1) is 12.8 Å². The number of benzene rings is 1. The lowest BCUT2D eigenvalue weighted by atomic mass is 10.1. The Morgan fingerprint density at radius 1 is 1.33 bits per heavy atom. The summed E-state index contributed by atoms with van der Waals surface area (Å²) >= 11 is 0. The smallest absolute Gasteiger partial charge is 0.289 e. The van der Waals surface area contributed by atoms with Crippen LogP contribution < -0.4 is 5.73 Å². The Morgan fingerprint density at radius 3 is 2.76 bits per heavy atom. The molecule has 0 atom stereocenters. The second-order valence-corrected chi connectivity index (χ2v) is 5.94. The summed E-state index contributed by atoms with van der Waals surface area (Å²) in [4.78, 5) is 14.5. The van der Waals surface area contributed by atoms with Crippen LogP contribution in [0.15, 0.2) is 28.7 Å². The standard InChI is InChI=1S/C17H24N2O2/c1-12(2)11-19(8-4-7-18)17(20)16-10-14-9-13(3)5-6-15(14)21-16/h5-6,9-10,12H,4,7-8,11,18H2,1-3H3. The molecule has 2 N–H and O–H groups in total. The van der Waals surface area contributed by atoms with E-state index < -0.39 is 0 Å². The Labute approximate surface area is 125 Å². The van der Waals surface area contributed by atoms with Crippen LogP contribution in [0.4, 0.5) is 0 Å². The number of carbonyl (C=O) groups is 1. The van der Waals surface area contributed by atoms with Gasteiger partial charge in [-0.25, -0.2) is 0 Å². The molecule has 0 aliphatic carbocycles. The maximum atomic E-state index is 12.6. The van der Waals surface area contributed by atoms with Crippen LogP contribution in [0.5, 0.6) is 0 Å². The maximum absolute atomic E-state index is 12.6. The minimum absolute atomic E-state index is 0.0500. The van der Waals surface area contributed by atoms with Gasteiger partial charge in [0.25, 0.3) is 5.91 Å². The average Bonchev–Trinajstić information content (AvgIpc) is 2.85. The average molecular weight is 288 g/mol. The summed E-state index contributed by atoms with van der Waals surface area (Å²) in [6.45, 7) is 8.20. The molecule has 0 unspecified atom stereocenters. The van der Waals surface area contributed by atoms with Gasteiger partial charge in [-0.1, -0.05) is 25.5 Å². The van der Waals surface area contributed by atoms with E-state index in [0.717, 1.165) is 29.5 Å². The molecule has 4 heteroatoms. The zero-order chi connectivity index (χ0) is 15.4. The van der Waals surface area contributed by atoms with Crippen molar-refractivity contribution in [3.63, 3.8) is 0 Å². The molecule has 0 spiro atoms. The van der Waals surface area contributed by atoms with Gasteiger partial charge >= 0.3 is 0 Å². The number of hydrogen-bond acceptors (Lipinski definition) is 3. The van der Waals surface area contributed by atoms with Gasteiger partial charge < -0.3 is 15.1 Å². The maximum Gasteiger partial charge on any atom is 0.289 e. The van der Waals surface area contributed by atoms with Crippen molar-refractivity contribution in [1.82, 2.24) is 4.90 Å². The summed E-state index contributed by atoms with van der Waals surface area (Å²) in [6, 6.07) is 7.76. The molecule has 0 aliphatic heterocycles. The summed E-state index contributed by atoms with van der Waals surface area (Å²) in [5.74, 6) is 0.776. The van der Waals surface area contributed by atoms with Crippen molar-refractivity contribution in [2.45, 2.75) is 27.2 Å². The highest BCUT2D eigenvalue weighted by Crippen LogP contribution is 2.22. The highest BCUT2D eigenvalue weighted by molar-refractivity contribution is 5.96. The van der Waals surface area contributed by atoms with Gasteiger partial charge in [-0.2, -0.15) is 0 Å². The van der Waals surface area contributed by atoms with Gasteiger partial charge in [0.2, 0.25) is 0 Å². The highest BCUT2D eigenvalue weighted by atomic mass is 16.3. The van der Waals surface area contributed by atoms with Crippen LogP contribution in [0.2, 0.25) is 0 Å². The molecular weight excluding hydrogens is 264 g/mol. The molecule has 0 saturated heterocycles. The molecule has 114 valence electrons. The molecule has 0 bridgehead atoms. The number of rotatable bonds is 6. The molecule has 4 nitrogen and oxygen atoms in total. The largest absolute Gasteiger partial charge is 0.451 e. The van der Waals surface area contributed by atoms with E-state index in [1.807, 2.05) is 36.1 Å². The number of carbonyl (C=O) groups excluding carboxylic acids is 1. The van der Waals surface area contributed by atoms with Crippen molar-refractivity contribution in [2.75, 3.05) is 19.6 Å². The fraction of sp³-hybridized carbons (Fsp3) is 0.471. The monoisotopic (exact) mass is 288 g/mol. The molecule has 1 heterocycles. The van der Waals surface area contributed by atoms with Crippen LogP contribution in [-0.2, 0) is 0 Å². The Bertz CT molecular complexity index is 616. The van der Waals surface area contributed by atoms with E-state index in [1.54, 1.807) is 0 Å². The molecule has 21 heavy (non-hydrogen) atoms. The van der Waals surface area contributed by atoms with Crippen LogP contribution in [0.1, 0.15) is 36.4 Å². The fourth-order valence-corrected chi connectivity index (χ4v) is 2.42. The van der Waals surface area contributed by atoms with E-state index in [-0.39, 0.29) is 5.91 Å². The van der Waals surface area contributed by atoms with Crippen molar-refractivity contribution in [1.29, 1.82) is 0 Å². The lowest BCUT2D eigenvalue weighted by Crippen LogP contribution is -2.35. The van der Waals surface area contributed by atoms with Gasteiger partial charge in [-0.15, -0.1) is 0 Å². The SMILES string of the molecule is Cc1ccc2oc(C(=O)N(CCCN)CC(C)C)cc2c1. The van der Waals surface area contributed by atoms with Crippen molar-refractivity contribution < 1.29 is 9.21 Å². The number of nitrogens with zero attached hydrogens (tertiary/aromatic N) is 1. The molecule has 2 aromatic rings. The van der Waals surface area contributed by atoms with E-state index in [2.05, 4.69) is 13.8 Å². The lowest BCUT2D eigenvalue weighted by Gasteiger charge is -2.23. The van der Waals surface area contributed by atoms with E-state index >= 15 is 0 Å². The van der Waals surface area contributed by atoms with Crippen molar-refractivity contribution in [3.05, 3.63) is 35.6 Å². The summed E-state index contributed by atoms with van der Waals surface area (Å²) in [5.41, 5.74) is 7.48. The number of fused-ring (bicyclic) bond motifs is 1. The Morgan fingerprint density at radius 2 is 2.10 bits per heavy atom. The van der Waals surface area contributed by atoms with E-state index in [4.69, 9.17) is 10.2 Å². The zero-order valence-corrected chi connectivity index (χ0v) is 13.1. The Kier molecular flexibility index (Phi) is 5.02. The quantitative estimate of drug-likeness (QED) is 0.888. The molecule has 1 amide bonds. The fourth-order valence-electron chi connectivity index (χ4n) is 2.42. The predicted octanol–water partition coefficient (Wildman–Crippen LogP) is 3.19. The molecule has 0 fully saturated rings. The molecule has 1 aromatic heterocycles. The molecule has 1 aromatic carbocycles. The summed E-state index contributed by atoms with van der Waals surface area (Å²) < 4.78 is 5.70. The van der Waals surface area contributed by atoms with E-state index in [1.165, 1.54) is 0 Å². The first-order chi connectivity index (χ1) is 10.0. The van der Waals surface area contributed by atoms with Crippen LogP contribution >= 0.6 is 0 Å². The first kappa shape index (κ1) is 15.6. The van der Waals surface area contributed by atoms with Gasteiger partial charge in [0.05, 0.1) is 0 Å². The first-order valence-corrected chi connectivity index (χ1v) is 7.51. The molecule has 2 rings (SSSR count). The molecule has 0 aliphatic rings. The van der Waals surface area contributed by atoms with E-state index in [0.29, 0.717) is 24.8 Å². The zero-order valence-electron chi connectivity index (χ0n) is 13.1. The number of furan rings is 1.